The van der Waals surface area contributed by atoms with Gasteiger partial charge in [-0.1, -0.05) is 0 Å². The van der Waals surface area contributed by atoms with Crippen LogP contribution in [-0.4, -0.2) is 47.1 Å². The molecule has 1 amide bonds. The molecule has 1 saturated carbocycles. The van der Waals surface area contributed by atoms with Crippen LogP contribution in [0, 0.1) is 11.8 Å². The van der Waals surface area contributed by atoms with Crippen molar-refractivity contribution in [3.8, 4) is 0 Å². The molecule has 2 rings (SSSR count). The van der Waals surface area contributed by atoms with Crippen LogP contribution < -0.4 is 0 Å². The Morgan fingerprint density at radius 3 is 2.59 bits per heavy atom. The molecule has 4 nitrogen and oxygen atoms in total. The lowest BCUT2D eigenvalue weighted by molar-refractivity contribution is 0.0236. The minimum absolute atomic E-state index is 0.0764. The van der Waals surface area contributed by atoms with Crippen LogP contribution in [0.1, 0.15) is 27.2 Å². The maximum atomic E-state index is 13.6. The van der Waals surface area contributed by atoms with E-state index in [0.717, 1.165) is 0 Å². The summed E-state index contributed by atoms with van der Waals surface area (Å²) in [5.74, 6) is -0.148. The van der Waals surface area contributed by atoms with Crippen LogP contribution in [0.2, 0.25) is 0 Å². The van der Waals surface area contributed by atoms with Crippen LogP contribution in [0.5, 0.6) is 0 Å². The molecule has 98 valence electrons. The Hall–Kier alpha value is -0.840. The number of halogens is 1. The quantitative estimate of drug-likeness (QED) is 0.704. The zero-order valence-electron chi connectivity index (χ0n) is 10.5. The topological polar surface area (TPSA) is 49.8 Å². The highest BCUT2D eigenvalue weighted by Gasteiger charge is 2.49. The zero-order valence-corrected chi connectivity index (χ0v) is 10.5. The Morgan fingerprint density at radius 2 is 2.06 bits per heavy atom. The summed E-state index contributed by atoms with van der Waals surface area (Å²) in [5.41, 5.74) is -0.524. The van der Waals surface area contributed by atoms with E-state index in [0.29, 0.717) is 19.5 Å². The van der Waals surface area contributed by atoms with E-state index in [9.17, 15) is 14.3 Å². The van der Waals surface area contributed by atoms with Crippen molar-refractivity contribution in [3.05, 3.63) is 0 Å². The summed E-state index contributed by atoms with van der Waals surface area (Å²) in [6.07, 6.45) is -1.99. The smallest absolute Gasteiger partial charge is 0.410 e. The molecule has 1 aliphatic carbocycles. The molecule has 2 fully saturated rings. The minimum atomic E-state index is -1.20. The molecule has 1 aliphatic heterocycles. The molecule has 1 saturated heterocycles. The van der Waals surface area contributed by atoms with E-state index < -0.39 is 17.9 Å². The Balaban J connectivity index is 1.94. The number of ether oxygens (including phenoxy) is 1. The first-order chi connectivity index (χ1) is 7.78. The summed E-state index contributed by atoms with van der Waals surface area (Å²) < 4.78 is 18.9. The number of fused-ring (bicyclic) bond motifs is 1. The molecule has 0 aromatic carbocycles. The second-order valence-electron chi connectivity index (χ2n) is 6.06. The van der Waals surface area contributed by atoms with E-state index in [2.05, 4.69) is 0 Å². The first-order valence-electron chi connectivity index (χ1n) is 6.08. The molecule has 0 aromatic heterocycles. The van der Waals surface area contributed by atoms with Crippen LogP contribution in [0.3, 0.4) is 0 Å². The molecular weight excluding hydrogens is 225 g/mol. The van der Waals surface area contributed by atoms with Crippen molar-refractivity contribution in [1.29, 1.82) is 0 Å². The summed E-state index contributed by atoms with van der Waals surface area (Å²) >= 11 is 0. The van der Waals surface area contributed by atoms with Gasteiger partial charge in [-0.2, -0.15) is 0 Å². The van der Waals surface area contributed by atoms with Crippen LogP contribution in [0.4, 0.5) is 9.18 Å². The number of rotatable bonds is 0. The van der Waals surface area contributed by atoms with Gasteiger partial charge in [0, 0.05) is 19.0 Å². The highest BCUT2D eigenvalue weighted by molar-refractivity contribution is 5.68. The van der Waals surface area contributed by atoms with Crippen LogP contribution >= 0.6 is 0 Å². The Bertz CT molecular complexity index is 315. The van der Waals surface area contributed by atoms with Crippen molar-refractivity contribution >= 4 is 6.09 Å². The number of alkyl halides is 1. The first-order valence-corrected chi connectivity index (χ1v) is 6.08. The highest BCUT2D eigenvalue weighted by Crippen LogP contribution is 2.40. The Kier molecular flexibility index (Phi) is 3.06. The summed E-state index contributed by atoms with van der Waals surface area (Å²) in [6.45, 7) is 6.28. The van der Waals surface area contributed by atoms with E-state index in [1.54, 1.807) is 4.90 Å². The lowest BCUT2D eigenvalue weighted by atomic mass is 10.0. The van der Waals surface area contributed by atoms with E-state index in [1.807, 2.05) is 20.8 Å². The third kappa shape index (κ3) is 2.54. The number of amides is 1. The van der Waals surface area contributed by atoms with Crippen molar-refractivity contribution in [2.45, 2.75) is 45.1 Å². The molecule has 0 bridgehead atoms. The number of aliphatic hydroxyl groups is 1. The van der Waals surface area contributed by atoms with Crippen molar-refractivity contribution in [1.82, 2.24) is 4.90 Å². The lowest BCUT2D eigenvalue weighted by Crippen LogP contribution is -2.37. The molecule has 2 aliphatic rings. The number of likely N-dealkylation sites (tertiary alicyclic amines) is 1. The number of aliphatic hydroxyl groups excluding tert-OH is 1. The van der Waals surface area contributed by atoms with Gasteiger partial charge in [-0.3, -0.25) is 0 Å². The van der Waals surface area contributed by atoms with Gasteiger partial charge in [0.1, 0.15) is 11.8 Å². The summed E-state index contributed by atoms with van der Waals surface area (Å²) in [4.78, 5) is 13.4. The molecule has 1 heterocycles. The van der Waals surface area contributed by atoms with E-state index in [-0.39, 0.29) is 17.9 Å². The maximum absolute atomic E-state index is 13.6. The van der Waals surface area contributed by atoms with Gasteiger partial charge in [0.25, 0.3) is 0 Å². The molecule has 1 N–H and O–H groups in total. The molecule has 4 atom stereocenters. The zero-order chi connectivity index (χ0) is 12.8. The predicted molar refractivity (Wildman–Crippen MR) is 60.3 cm³/mol. The van der Waals surface area contributed by atoms with E-state index in [4.69, 9.17) is 4.74 Å². The SMILES string of the molecule is CC(C)(C)OC(=O)N1C[C@H]2C[C@@H](O)[C@H](F)[C@H]2C1. The fourth-order valence-electron chi connectivity index (χ4n) is 2.71. The molecule has 0 unspecified atom stereocenters. The van der Waals surface area contributed by atoms with E-state index in [1.165, 1.54) is 0 Å². The average molecular weight is 245 g/mol. The number of nitrogens with zero attached hydrogens (tertiary/aromatic N) is 1. The van der Waals surface area contributed by atoms with Crippen molar-refractivity contribution < 1.29 is 19.0 Å². The van der Waals surface area contributed by atoms with Gasteiger partial charge in [-0.05, 0) is 33.1 Å². The molecule has 0 spiro atoms. The number of carbonyl (C=O) groups is 1. The van der Waals surface area contributed by atoms with Crippen LogP contribution in [0.25, 0.3) is 0 Å². The predicted octanol–water partition coefficient (Wildman–Crippen LogP) is 1.57. The number of carbonyl (C=O) groups excluding carboxylic acids is 1. The van der Waals surface area contributed by atoms with E-state index >= 15 is 0 Å². The van der Waals surface area contributed by atoms with Gasteiger partial charge in [0.05, 0.1) is 6.10 Å². The fraction of sp³-hybridized carbons (Fsp3) is 0.917. The third-order valence-corrected chi connectivity index (χ3v) is 3.46. The van der Waals surface area contributed by atoms with Gasteiger partial charge in [-0.25, -0.2) is 9.18 Å². The van der Waals surface area contributed by atoms with Crippen molar-refractivity contribution in [2.24, 2.45) is 11.8 Å². The highest BCUT2D eigenvalue weighted by atomic mass is 19.1. The average Bonchev–Trinajstić information content (AvgIpc) is 2.66. The normalized spacial score (nSPS) is 37.1. The fourth-order valence-corrected chi connectivity index (χ4v) is 2.71. The summed E-state index contributed by atoms with van der Waals surface area (Å²) in [6, 6.07) is 0. The van der Waals surface area contributed by atoms with Gasteiger partial charge < -0.3 is 14.7 Å². The first kappa shape index (κ1) is 12.6. The Morgan fingerprint density at radius 1 is 1.41 bits per heavy atom. The van der Waals surface area contributed by atoms with Gasteiger partial charge in [0.2, 0.25) is 0 Å². The summed E-state index contributed by atoms with van der Waals surface area (Å²) in [5, 5.41) is 9.41. The molecular formula is C12H20FNO3. The van der Waals surface area contributed by atoms with Gasteiger partial charge in [0.15, 0.2) is 0 Å². The van der Waals surface area contributed by atoms with Crippen molar-refractivity contribution in [2.75, 3.05) is 13.1 Å². The second-order valence-corrected chi connectivity index (χ2v) is 6.06. The standard InChI is InChI=1S/C12H20FNO3/c1-12(2,3)17-11(16)14-5-7-4-9(15)10(13)8(7)6-14/h7-10,15H,4-6H2,1-3H3/t7-,8+,9-,10-/m1/s1. The molecule has 0 radical (unpaired) electrons. The Labute approximate surface area is 101 Å². The lowest BCUT2D eigenvalue weighted by Gasteiger charge is -2.25. The largest absolute Gasteiger partial charge is 0.444 e. The third-order valence-electron chi connectivity index (χ3n) is 3.46. The minimum Gasteiger partial charge on any atom is -0.444 e. The number of hydrogen-bond donors (Lipinski definition) is 1. The van der Waals surface area contributed by atoms with Crippen LogP contribution in [0.15, 0.2) is 0 Å². The molecule has 17 heavy (non-hydrogen) atoms. The summed E-state index contributed by atoms with van der Waals surface area (Å²) in [7, 11) is 0. The van der Waals surface area contributed by atoms with Gasteiger partial charge in [-0.15, -0.1) is 0 Å². The monoisotopic (exact) mass is 245 g/mol. The van der Waals surface area contributed by atoms with Crippen molar-refractivity contribution in [3.63, 3.8) is 0 Å². The molecule has 0 aromatic rings. The maximum Gasteiger partial charge on any atom is 0.410 e. The number of hydrogen-bond acceptors (Lipinski definition) is 3. The second kappa shape index (κ2) is 4.12. The van der Waals surface area contributed by atoms with Gasteiger partial charge >= 0.3 is 6.09 Å². The van der Waals surface area contributed by atoms with Crippen LogP contribution in [-0.2, 0) is 4.74 Å². The molecule has 5 heteroatoms.